The Kier molecular flexibility index (Phi) is 5.59. The fraction of sp³-hybridized carbons (Fsp3) is 0.316. The van der Waals surface area contributed by atoms with Gasteiger partial charge in [-0.15, -0.1) is 0 Å². The fourth-order valence-electron chi connectivity index (χ4n) is 2.21. The van der Waals surface area contributed by atoms with E-state index in [1.165, 1.54) is 11.1 Å². The molecule has 0 fully saturated rings. The molecular formula is C19H23NO2. The normalized spacial score (nSPS) is 10.3. The molecule has 0 radical (unpaired) electrons. The van der Waals surface area contributed by atoms with Gasteiger partial charge in [-0.2, -0.15) is 0 Å². The summed E-state index contributed by atoms with van der Waals surface area (Å²) >= 11 is 0. The fourth-order valence-corrected chi connectivity index (χ4v) is 2.21. The van der Waals surface area contributed by atoms with E-state index in [1.54, 1.807) is 11.9 Å². The number of carbonyl (C=O) groups excluding carboxylic acids is 1. The lowest BCUT2D eigenvalue weighted by molar-refractivity contribution is -0.132. The maximum absolute atomic E-state index is 12.2. The second-order valence-corrected chi connectivity index (χ2v) is 5.46. The van der Waals surface area contributed by atoms with Gasteiger partial charge in [0.15, 0.2) is 6.61 Å². The summed E-state index contributed by atoms with van der Waals surface area (Å²) in [6.07, 6.45) is 0.998. The van der Waals surface area contributed by atoms with Crippen molar-refractivity contribution in [2.45, 2.75) is 26.8 Å². The number of hydrogen-bond donors (Lipinski definition) is 0. The van der Waals surface area contributed by atoms with E-state index in [-0.39, 0.29) is 12.5 Å². The summed E-state index contributed by atoms with van der Waals surface area (Å²) < 4.78 is 5.57. The van der Waals surface area contributed by atoms with Gasteiger partial charge in [0.2, 0.25) is 0 Å². The Bertz CT molecular complexity index is 620. The summed E-state index contributed by atoms with van der Waals surface area (Å²) in [7, 11) is 1.80. The molecule has 0 saturated heterocycles. The summed E-state index contributed by atoms with van der Waals surface area (Å²) in [5, 5.41) is 0. The van der Waals surface area contributed by atoms with E-state index >= 15 is 0 Å². The highest BCUT2D eigenvalue weighted by molar-refractivity contribution is 5.77. The molecule has 0 spiro atoms. The van der Waals surface area contributed by atoms with E-state index < -0.39 is 0 Å². The lowest BCUT2D eigenvalue weighted by atomic mass is 10.1. The van der Waals surface area contributed by atoms with Crippen LogP contribution in [-0.2, 0) is 17.8 Å². The Morgan fingerprint density at radius 1 is 1.09 bits per heavy atom. The number of hydrogen-bond acceptors (Lipinski definition) is 2. The summed E-state index contributed by atoms with van der Waals surface area (Å²) in [4.78, 5) is 13.9. The Hall–Kier alpha value is -2.29. The van der Waals surface area contributed by atoms with E-state index in [0.29, 0.717) is 6.54 Å². The van der Waals surface area contributed by atoms with E-state index in [1.807, 2.05) is 42.5 Å². The van der Waals surface area contributed by atoms with Gasteiger partial charge in [-0.1, -0.05) is 43.3 Å². The third-order valence-electron chi connectivity index (χ3n) is 3.79. The minimum Gasteiger partial charge on any atom is -0.484 e. The first-order valence-corrected chi connectivity index (χ1v) is 7.60. The number of likely N-dealkylation sites (N-methyl/N-ethyl adjacent to an activating group) is 1. The second-order valence-electron chi connectivity index (χ2n) is 5.46. The van der Waals surface area contributed by atoms with Crippen LogP contribution in [0.2, 0.25) is 0 Å². The monoisotopic (exact) mass is 297 g/mol. The predicted molar refractivity (Wildman–Crippen MR) is 89.0 cm³/mol. The Labute approximate surface area is 132 Å². The van der Waals surface area contributed by atoms with Crippen molar-refractivity contribution in [1.82, 2.24) is 4.90 Å². The molecule has 2 aromatic rings. The Morgan fingerprint density at radius 2 is 1.77 bits per heavy atom. The maximum Gasteiger partial charge on any atom is 0.260 e. The molecule has 116 valence electrons. The van der Waals surface area contributed by atoms with Crippen LogP contribution in [0.1, 0.15) is 23.6 Å². The van der Waals surface area contributed by atoms with Crippen molar-refractivity contribution >= 4 is 5.91 Å². The molecule has 3 heteroatoms. The van der Waals surface area contributed by atoms with Crippen molar-refractivity contribution in [3.63, 3.8) is 0 Å². The molecule has 0 saturated carbocycles. The number of benzene rings is 2. The van der Waals surface area contributed by atoms with Crippen molar-refractivity contribution in [3.8, 4) is 5.75 Å². The SMILES string of the molecule is CCc1ccc(OCC(=O)N(C)Cc2ccccc2C)cc1. The molecule has 0 aromatic heterocycles. The molecule has 0 aliphatic rings. The predicted octanol–water partition coefficient (Wildman–Crippen LogP) is 3.59. The minimum absolute atomic E-state index is 0.0252. The van der Waals surface area contributed by atoms with Gasteiger partial charge in [-0.3, -0.25) is 4.79 Å². The number of carbonyl (C=O) groups is 1. The van der Waals surface area contributed by atoms with Crippen molar-refractivity contribution in [3.05, 3.63) is 65.2 Å². The zero-order valence-electron chi connectivity index (χ0n) is 13.5. The Morgan fingerprint density at radius 3 is 2.41 bits per heavy atom. The van der Waals surface area contributed by atoms with Crippen molar-refractivity contribution in [2.24, 2.45) is 0 Å². The highest BCUT2D eigenvalue weighted by atomic mass is 16.5. The molecule has 0 aliphatic carbocycles. The van der Waals surface area contributed by atoms with E-state index in [4.69, 9.17) is 4.74 Å². The molecule has 3 nitrogen and oxygen atoms in total. The molecule has 2 rings (SSSR count). The third kappa shape index (κ3) is 4.35. The van der Waals surface area contributed by atoms with Crippen molar-refractivity contribution in [2.75, 3.05) is 13.7 Å². The number of ether oxygens (including phenoxy) is 1. The third-order valence-corrected chi connectivity index (χ3v) is 3.79. The average Bonchev–Trinajstić information content (AvgIpc) is 2.55. The van der Waals surface area contributed by atoms with Crippen molar-refractivity contribution < 1.29 is 9.53 Å². The van der Waals surface area contributed by atoms with Gasteiger partial charge in [-0.05, 0) is 42.2 Å². The zero-order valence-corrected chi connectivity index (χ0v) is 13.5. The molecule has 0 unspecified atom stereocenters. The van der Waals surface area contributed by atoms with Crippen LogP contribution in [0.15, 0.2) is 48.5 Å². The van der Waals surface area contributed by atoms with Crippen LogP contribution in [0.4, 0.5) is 0 Å². The van der Waals surface area contributed by atoms with Gasteiger partial charge in [0.1, 0.15) is 5.75 Å². The molecule has 0 atom stereocenters. The van der Waals surface area contributed by atoms with Crippen LogP contribution in [0.3, 0.4) is 0 Å². The summed E-state index contributed by atoms with van der Waals surface area (Å²) in [5.74, 6) is 0.706. The van der Waals surface area contributed by atoms with Crippen LogP contribution in [0.5, 0.6) is 5.75 Å². The smallest absolute Gasteiger partial charge is 0.260 e. The number of amides is 1. The van der Waals surface area contributed by atoms with Crippen LogP contribution >= 0.6 is 0 Å². The number of aryl methyl sites for hydroxylation is 2. The van der Waals surface area contributed by atoms with Gasteiger partial charge in [0.05, 0.1) is 0 Å². The topological polar surface area (TPSA) is 29.5 Å². The maximum atomic E-state index is 12.2. The van der Waals surface area contributed by atoms with Gasteiger partial charge in [-0.25, -0.2) is 0 Å². The lowest BCUT2D eigenvalue weighted by Gasteiger charge is -2.18. The number of nitrogens with zero attached hydrogens (tertiary/aromatic N) is 1. The van der Waals surface area contributed by atoms with E-state index in [9.17, 15) is 4.79 Å². The van der Waals surface area contributed by atoms with Gasteiger partial charge >= 0.3 is 0 Å². The highest BCUT2D eigenvalue weighted by Crippen LogP contribution is 2.13. The van der Waals surface area contributed by atoms with Crippen LogP contribution in [0, 0.1) is 6.92 Å². The van der Waals surface area contributed by atoms with Gasteiger partial charge in [0, 0.05) is 13.6 Å². The van der Waals surface area contributed by atoms with Crippen molar-refractivity contribution in [1.29, 1.82) is 0 Å². The second kappa shape index (κ2) is 7.64. The molecule has 0 heterocycles. The quantitative estimate of drug-likeness (QED) is 0.815. The first-order valence-electron chi connectivity index (χ1n) is 7.60. The van der Waals surface area contributed by atoms with Gasteiger partial charge in [0.25, 0.3) is 5.91 Å². The minimum atomic E-state index is -0.0252. The summed E-state index contributed by atoms with van der Waals surface area (Å²) in [6.45, 7) is 4.83. The molecule has 2 aromatic carbocycles. The average molecular weight is 297 g/mol. The van der Waals surface area contributed by atoms with E-state index in [0.717, 1.165) is 17.7 Å². The molecule has 0 aliphatic heterocycles. The van der Waals surface area contributed by atoms with Crippen LogP contribution in [-0.4, -0.2) is 24.5 Å². The number of rotatable bonds is 6. The van der Waals surface area contributed by atoms with E-state index in [2.05, 4.69) is 19.9 Å². The van der Waals surface area contributed by atoms with Crippen LogP contribution in [0.25, 0.3) is 0 Å². The van der Waals surface area contributed by atoms with Crippen LogP contribution < -0.4 is 4.74 Å². The largest absolute Gasteiger partial charge is 0.484 e. The Balaban J connectivity index is 1.87. The van der Waals surface area contributed by atoms with Gasteiger partial charge < -0.3 is 9.64 Å². The lowest BCUT2D eigenvalue weighted by Crippen LogP contribution is -2.31. The molecule has 22 heavy (non-hydrogen) atoms. The first-order chi connectivity index (χ1) is 10.6. The zero-order chi connectivity index (χ0) is 15.9. The summed E-state index contributed by atoms with van der Waals surface area (Å²) in [5.41, 5.74) is 3.61. The highest BCUT2D eigenvalue weighted by Gasteiger charge is 2.11. The molecular weight excluding hydrogens is 274 g/mol. The molecule has 1 amide bonds. The molecule has 0 N–H and O–H groups in total. The summed E-state index contributed by atoms with van der Waals surface area (Å²) in [6, 6.07) is 16.0. The molecule has 0 bridgehead atoms. The standard InChI is InChI=1S/C19H23NO2/c1-4-16-9-11-18(12-10-16)22-14-19(21)20(3)13-17-8-6-5-7-15(17)2/h5-12H,4,13-14H2,1-3H3. The first kappa shape index (κ1) is 16.1.